The summed E-state index contributed by atoms with van der Waals surface area (Å²) >= 11 is 0. The van der Waals surface area contributed by atoms with Gasteiger partial charge >= 0.3 is 18.5 Å². The molecule has 25 heavy (non-hydrogen) atoms. The van der Waals surface area contributed by atoms with Crippen molar-refractivity contribution in [3.8, 4) is 5.69 Å². The van der Waals surface area contributed by atoms with Crippen LogP contribution < -0.4 is 0 Å². The molecular formula is C14H9F9N2. The molecule has 0 N–H and O–H groups in total. The van der Waals surface area contributed by atoms with E-state index in [9.17, 15) is 39.5 Å². The molecule has 0 aliphatic carbocycles. The first-order valence-corrected chi connectivity index (χ1v) is 6.69. The van der Waals surface area contributed by atoms with E-state index in [0.29, 0.717) is 12.1 Å². The van der Waals surface area contributed by atoms with Crippen molar-refractivity contribution < 1.29 is 39.5 Å². The van der Waals surface area contributed by atoms with Crippen molar-refractivity contribution in [2.75, 3.05) is 0 Å². The highest BCUT2D eigenvalue weighted by Crippen LogP contribution is 2.41. The summed E-state index contributed by atoms with van der Waals surface area (Å²) < 4.78 is 116. The quantitative estimate of drug-likeness (QED) is 0.634. The van der Waals surface area contributed by atoms with Crippen LogP contribution in [0.15, 0.2) is 24.4 Å². The van der Waals surface area contributed by atoms with Crippen LogP contribution in [-0.4, -0.2) is 9.78 Å². The highest BCUT2D eigenvalue weighted by molar-refractivity contribution is 5.44. The maximum Gasteiger partial charge on any atom is 0.434 e. The fraction of sp³-hybridized carbons (Fsp3) is 0.357. The molecule has 1 heterocycles. The van der Waals surface area contributed by atoms with Gasteiger partial charge in [0.25, 0.3) is 0 Å². The standard InChI is InChI=1S/C14H9F9N2/c1-2-7-3-8(12(15,16)17)5-9(4-7)25-11(14(21,22)23)10(6-24-25)13(18,19)20/h3-6H,2H2,1H3. The van der Waals surface area contributed by atoms with Gasteiger partial charge in [0.05, 0.1) is 17.4 Å². The van der Waals surface area contributed by atoms with Gasteiger partial charge in [0.15, 0.2) is 5.69 Å². The number of rotatable bonds is 2. The van der Waals surface area contributed by atoms with Gasteiger partial charge < -0.3 is 0 Å². The van der Waals surface area contributed by atoms with E-state index in [1.54, 1.807) is 0 Å². The summed E-state index contributed by atoms with van der Waals surface area (Å²) in [4.78, 5) is 0. The molecule has 0 unspecified atom stereocenters. The Balaban J connectivity index is 2.77. The molecule has 1 aromatic heterocycles. The second-order valence-electron chi connectivity index (χ2n) is 5.05. The summed E-state index contributed by atoms with van der Waals surface area (Å²) in [6.07, 6.45) is -15.7. The summed E-state index contributed by atoms with van der Waals surface area (Å²) in [6.45, 7) is 1.45. The SMILES string of the molecule is CCc1cc(-n2ncc(C(F)(F)F)c2C(F)(F)F)cc(C(F)(F)F)c1. The van der Waals surface area contributed by atoms with Gasteiger partial charge in [-0.25, -0.2) is 4.68 Å². The van der Waals surface area contributed by atoms with Crippen molar-refractivity contribution >= 4 is 0 Å². The average Bonchev–Trinajstić information content (AvgIpc) is 2.90. The summed E-state index contributed by atoms with van der Waals surface area (Å²) in [5.74, 6) is 0. The molecule has 0 bridgehead atoms. The van der Waals surface area contributed by atoms with Crippen LogP contribution in [0.2, 0.25) is 0 Å². The van der Waals surface area contributed by atoms with E-state index in [1.165, 1.54) is 6.92 Å². The van der Waals surface area contributed by atoms with Gasteiger partial charge in [-0.1, -0.05) is 6.92 Å². The van der Waals surface area contributed by atoms with Gasteiger partial charge in [0.1, 0.15) is 5.56 Å². The molecule has 0 atom stereocenters. The lowest BCUT2D eigenvalue weighted by atomic mass is 10.1. The minimum atomic E-state index is -5.47. The van der Waals surface area contributed by atoms with E-state index >= 15 is 0 Å². The van der Waals surface area contributed by atoms with Crippen molar-refractivity contribution in [1.82, 2.24) is 9.78 Å². The summed E-state index contributed by atoms with van der Waals surface area (Å²) in [5.41, 5.74) is -6.28. The maximum absolute atomic E-state index is 13.1. The van der Waals surface area contributed by atoms with Crippen LogP contribution in [0.1, 0.15) is 29.3 Å². The minimum absolute atomic E-state index is 0.00186. The van der Waals surface area contributed by atoms with Crippen molar-refractivity contribution in [3.05, 3.63) is 46.8 Å². The van der Waals surface area contributed by atoms with Crippen LogP contribution in [0, 0.1) is 0 Å². The monoisotopic (exact) mass is 376 g/mol. The molecule has 0 radical (unpaired) electrons. The molecule has 11 heteroatoms. The molecule has 2 aromatic rings. The molecule has 2 rings (SSSR count). The second-order valence-corrected chi connectivity index (χ2v) is 5.05. The van der Waals surface area contributed by atoms with Crippen LogP contribution >= 0.6 is 0 Å². The fourth-order valence-electron chi connectivity index (χ4n) is 2.19. The molecule has 1 aromatic carbocycles. The van der Waals surface area contributed by atoms with Crippen LogP contribution in [0.5, 0.6) is 0 Å². The zero-order chi connectivity index (χ0) is 19.2. The number of nitrogens with zero attached hydrogens (tertiary/aromatic N) is 2. The lowest BCUT2D eigenvalue weighted by Crippen LogP contribution is -2.19. The van der Waals surface area contributed by atoms with Gasteiger partial charge in [-0.15, -0.1) is 0 Å². The van der Waals surface area contributed by atoms with E-state index in [1.807, 2.05) is 0 Å². The van der Waals surface area contributed by atoms with Crippen molar-refractivity contribution in [1.29, 1.82) is 0 Å². The highest BCUT2D eigenvalue weighted by atomic mass is 19.4. The van der Waals surface area contributed by atoms with Crippen molar-refractivity contribution in [2.45, 2.75) is 31.9 Å². The molecule has 0 aliphatic heterocycles. The number of hydrogen-bond donors (Lipinski definition) is 0. The predicted octanol–water partition coefficient (Wildman–Crippen LogP) is 5.49. The van der Waals surface area contributed by atoms with Crippen LogP contribution in [0.4, 0.5) is 39.5 Å². The largest absolute Gasteiger partial charge is 0.434 e. The number of benzene rings is 1. The summed E-state index contributed by atoms with van der Waals surface area (Å²) in [7, 11) is 0. The topological polar surface area (TPSA) is 17.8 Å². The third kappa shape index (κ3) is 3.90. The lowest BCUT2D eigenvalue weighted by molar-refractivity contribution is -0.164. The number of halogens is 9. The van der Waals surface area contributed by atoms with Crippen molar-refractivity contribution in [2.24, 2.45) is 0 Å². The third-order valence-electron chi connectivity index (χ3n) is 3.30. The maximum atomic E-state index is 13.1. The Hall–Kier alpha value is -2.20. The lowest BCUT2D eigenvalue weighted by Gasteiger charge is -2.16. The van der Waals surface area contributed by atoms with E-state index < -0.39 is 41.0 Å². The molecular weight excluding hydrogens is 367 g/mol. The number of hydrogen-bond acceptors (Lipinski definition) is 1. The molecule has 0 aliphatic rings. The van der Waals surface area contributed by atoms with Gasteiger partial charge in [-0.3, -0.25) is 0 Å². The van der Waals surface area contributed by atoms with Gasteiger partial charge in [-0.05, 0) is 30.2 Å². The van der Waals surface area contributed by atoms with Crippen LogP contribution in [0.3, 0.4) is 0 Å². The summed E-state index contributed by atoms with van der Waals surface area (Å²) in [5, 5.41) is 3.03. The summed E-state index contributed by atoms with van der Waals surface area (Å²) in [6, 6.07) is 1.96. The van der Waals surface area contributed by atoms with E-state index in [2.05, 4.69) is 5.10 Å². The van der Waals surface area contributed by atoms with Gasteiger partial charge in [0, 0.05) is 0 Å². The third-order valence-corrected chi connectivity index (χ3v) is 3.30. The van der Waals surface area contributed by atoms with Crippen LogP contribution in [-0.2, 0) is 24.9 Å². The molecule has 0 fully saturated rings. The zero-order valence-corrected chi connectivity index (χ0v) is 12.3. The molecule has 0 saturated heterocycles. The Morgan fingerprint density at radius 1 is 0.840 bits per heavy atom. The van der Waals surface area contributed by atoms with Gasteiger partial charge in [0.2, 0.25) is 0 Å². The molecule has 0 saturated carbocycles. The van der Waals surface area contributed by atoms with Gasteiger partial charge in [-0.2, -0.15) is 44.6 Å². The van der Waals surface area contributed by atoms with E-state index in [-0.39, 0.29) is 22.9 Å². The fourth-order valence-corrected chi connectivity index (χ4v) is 2.19. The van der Waals surface area contributed by atoms with Crippen molar-refractivity contribution in [3.63, 3.8) is 0 Å². The first-order valence-electron chi connectivity index (χ1n) is 6.69. The average molecular weight is 376 g/mol. The van der Waals surface area contributed by atoms with E-state index in [4.69, 9.17) is 0 Å². The Kier molecular flexibility index (Phi) is 4.56. The first-order chi connectivity index (χ1) is 11.2. The number of aryl methyl sites for hydroxylation is 1. The predicted molar refractivity (Wildman–Crippen MR) is 67.9 cm³/mol. The molecule has 0 amide bonds. The molecule has 2 nitrogen and oxygen atoms in total. The highest BCUT2D eigenvalue weighted by Gasteiger charge is 2.47. The Labute approximate surface area is 134 Å². The molecule has 0 spiro atoms. The Morgan fingerprint density at radius 3 is 1.88 bits per heavy atom. The van der Waals surface area contributed by atoms with E-state index in [0.717, 1.165) is 6.07 Å². The first kappa shape index (κ1) is 19.1. The molecule has 138 valence electrons. The second kappa shape index (κ2) is 5.95. The Bertz CT molecular complexity index is 766. The normalized spacial score (nSPS) is 13.4. The number of alkyl halides is 9. The zero-order valence-electron chi connectivity index (χ0n) is 12.3. The minimum Gasteiger partial charge on any atom is -0.228 e. The van der Waals surface area contributed by atoms with Crippen LogP contribution in [0.25, 0.3) is 5.69 Å². The smallest absolute Gasteiger partial charge is 0.228 e. The number of aromatic nitrogens is 2. The Morgan fingerprint density at radius 2 is 1.44 bits per heavy atom.